The Hall–Kier alpha value is -1.35. The zero-order valence-corrected chi connectivity index (χ0v) is 12.7. The Morgan fingerprint density at radius 1 is 1.53 bits per heavy atom. The smallest absolute Gasteiger partial charge is 0.148 e. The molecular weight excluding hydrogens is 306 g/mol. The highest BCUT2D eigenvalue weighted by Gasteiger charge is 2.31. The molecule has 6 heteroatoms. The first-order valence-corrected chi connectivity index (χ1v) is 7.45. The van der Waals surface area contributed by atoms with Gasteiger partial charge >= 0.3 is 0 Å². The standard InChI is InChI=1S/C13H18BrN5/c1-2-7-16-12-11(14)13(18-9-17-12)19(8-3-6-15)10-4-5-10/h9-10H,2-5,7-8H2,1H3,(H,16,17,18). The number of rotatable bonds is 7. The molecule has 5 nitrogen and oxygen atoms in total. The maximum Gasteiger partial charge on any atom is 0.148 e. The van der Waals surface area contributed by atoms with E-state index in [0.717, 1.165) is 35.6 Å². The molecule has 2 rings (SSSR count). The van der Waals surface area contributed by atoms with E-state index in [0.29, 0.717) is 12.5 Å². The van der Waals surface area contributed by atoms with Gasteiger partial charge in [0.2, 0.25) is 0 Å². The highest BCUT2D eigenvalue weighted by molar-refractivity contribution is 9.10. The average molecular weight is 324 g/mol. The Morgan fingerprint density at radius 2 is 2.32 bits per heavy atom. The van der Waals surface area contributed by atoms with Crippen LogP contribution >= 0.6 is 15.9 Å². The van der Waals surface area contributed by atoms with E-state index in [2.05, 4.69) is 49.1 Å². The van der Waals surface area contributed by atoms with Gasteiger partial charge in [-0.1, -0.05) is 6.92 Å². The first-order valence-electron chi connectivity index (χ1n) is 6.65. The minimum absolute atomic E-state index is 0.519. The third kappa shape index (κ3) is 3.57. The zero-order valence-electron chi connectivity index (χ0n) is 11.1. The highest BCUT2D eigenvalue weighted by Crippen LogP contribution is 2.36. The van der Waals surface area contributed by atoms with E-state index in [1.54, 1.807) is 6.33 Å². The summed E-state index contributed by atoms with van der Waals surface area (Å²) in [4.78, 5) is 10.9. The molecule has 0 aromatic carbocycles. The summed E-state index contributed by atoms with van der Waals surface area (Å²) in [6.45, 7) is 3.73. The second-order valence-electron chi connectivity index (χ2n) is 4.62. The number of hydrogen-bond donors (Lipinski definition) is 1. The van der Waals surface area contributed by atoms with Crippen LogP contribution in [0.2, 0.25) is 0 Å². The van der Waals surface area contributed by atoms with Gasteiger partial charge in [0.05, 0.1) is 12.5 Å². The molecule has 1 heterocycles. The Labute approximate surface area is 122 Å². The summed E-state index contributed by atoms with van der Waals surface area (Å²) in [7, 11) is 0. The van der Waals surface area contributed by atoms with Crippen LogP contribution in [0.1, 0.15) is 32.6 Å². The maximum absolute atomic E-state index is 8.77. The maximum atomic E-state index is 8.77. The largest absolute Gasteiger partial charge is 0.369 e. The topological polar surface area (TPSA) is 64.8 Å². The van der Waals surface area contributed by atoms with Crippen LogP contribution in [0.5, 0.6) is 0 Å². The highest BCUT2D eigenvalue weighted by atomic mass is 79.9. The number of halogens is 1. The number of anilines is 2. The summed E-state index contributed by atoms with van der Waals surface area (Å²) < 4.78 is 0.897. The van der Waals surface area contributed by atoms with E-state index in [-0.39, 0.29) is 0 Å². The summed E-state index contributed by atoms with van der Waals surface area (Å²) in [6.07, 6.45) is 5.51. The summed E-state index contributed by atoms with van der Waals surface area (Å²) in [5, 5.41) is 12.1. The fourth-order valence-corrected chi connectivity index (χ4v) is 2.52. The summed E-state index contributed by atoms with van der Waals surface area (Å²) >= 11 is 3.59. The molecule has 102 valence electrons. The van der Waals surface area contributed by atoms with Gasteiger partial charge in [-0.3, -0.25) is 0 Å². The van der Waals surface area contributed by atoms with Crippen molar-refractivity contribution < 1.29 is 0 Å². The first kappa shape index (κ1) is 14.1. The number of nitriles is 1. The Bertz CT molecular complexity index is 467. The van der Waals surface area contributed by atoms with Crippen LogP contribution in [-0.4, -0.2) is 29.1 Å². The van der Waals surface area contributed by atoms with E-state index in [1.807, 2.05) is 0 Å². The molecule has 0 aliphatic heterocycles. The van der Waals surface area contributed by atoms with Crippen molar-refractivity contribution in [2.24, 2.45) is 0 Å². The second-order valence-corrected chi connectivity index (χ2v) is 5.41. The molecule has 0 amide bonds. The van der Waals surface area contributed by atoms with Crippen LogP contribution < -0.4 is 10.2 Å². The molecule has 0 radical (unpaired) electrons. The summed E-state index contributed by atoms with van der Waals surface area (Å²) in [5.74, 6) is 1.72. The lowest BCUT2D eigenvalue weighted by Crippen LogP contribution is -2.28. The summed E-state index contributed by atoms with van der Waals surface area (Å²) in [6, 6.07) is 2.73. The molecule has 0 saturated heterocycles. The number of hydrogen-bond acceptors (Lipinski definition) is 5. The molecule has 19 heavy (non-hydrogen) atoms. The fourth-order valence-electron chi connectivity index (χ4n) is 1.95. The second kappa shape index (κ2) is 6.71. The van der Waals surface area contributed by atoms with Crippen molar-refractivity contribution in [2.45, 2.75) is 38.6 Å². The lowest BCUT2D eigenvalue weighted by molar-refractivity contribution is 0.772. The summed E-state index contributed by atoms with van der Waals surface area (Å²) in [5.41, 5.74) is 0. The van der Waals surface area contributed by atoms with Crippen molar-refractivity contribution in [1.29, 1.82) is 5.26 Å². The van der Waals surface area contributed by atoms with Gasteiger partial charge in [-0.2, -0.15) is 5.26 Å². The van der Waals surface area contributed by atoms with Crippen molar-refractivity contribution in [2.75, 3.05) is 23.3 Å². The molecule has 1 aliphatic rings. The van der Waals surface area contributed by atoms with Crippen LogP contribution in [0.3, 0.4) is 0 Å². The Kier molecular flexibility index (Phi) is 4.97. The molecule has 0 unspecified atom stereocenters. The van der Waals surface area contributed by atoms with Crippen LogP contribution in [-0.2, 0) is 0 Å². The van der Waals surface area contributed by atoms with Gasteiger partial charge in [-0.05, 0) is 35.2 Å². The minimum atomic E-state index is 0.519. The molecule has 1 saturated carbocycles. The quantitative estimate of drug-likeness (QED) is 0.835. The van der Waals surface area contributed by atoms with Gasteiger partial charge in [-0.25, -0.2) is 9.97 Å². The molecule has 1 fully saturated rings. The number of nitrogens with one attached hydrogen (secondary N) is 1. The molecule has 1 aromatic rings. The van der Waals surface area contributed by atoms with Crippen molar-refractivity contribution >= 4 is 27.6 Å². The van der Waals surface area contributed by atoms with Crippen LogP contribution in [0, 0.1) is 11.3 Å². The van der Waals surface area contributed by atoms with E-state index in [1.165, 1.54) is 12.8 Å². The van der Waals surface area contributed by atoms with Gasteiger partial charge < -0.3 is 10.2 Å². The molecule has 0 bridgehead atoms. The van der Waals surface area contributed by atoms with Crippen molar-refractivity contribution in [3.05, 3.63) is 10.8 Å². The predicted molar refractivity (Wildman–Crippen MR) is 79.1 cm³/mol. The third-order valence-electron chi connectivity index (χ3n) is 3.04. The van der Waals surface area contributed by atoms with Gasteiger partial charge in [0, 0.05) is 19.1 Å². The van der Waals surface area contributed by atoms with Gasteiger partial charge in [0.15, 0.2) is 0 Å². The SMILES string of the molecule is CCCNc1ncnc(N(CCC#N)C2CC2)c1Br. The lowest BCUT2D eigenvalue weighted by Gasteiger charge is -2.24. The molecular formula is C13H18BrN5. The zero-order chi connectivity index (χ0) is 13.7. The van der Waals surface area contributed by atoms with Gasteiger partial charge in [0.25, 0.3) is 0 Å². The van der Waals surface area contributed by atoms with E-state index in [4.69, 9.17) is 5.26 Å². The molecule has 1 aliphatic carbocycles. The van der Waals surface area contributed by atoms with Crippen LogP contribution in [0.15, 0.2) is 10.8 Å². The number of aromatic nitrogens is 2. The molecule has 0 atom stereocenters. The Balaban J connectivity index is 2.19. The first-order chi connectivity index (χ1) is 9.27. The van der Waals surface area contributed by atoms with Crippen molar-refractivity contribution in [1.82, 2.24) is 9.97 Å². The van der Waals surface area contributed by atoms with Crippen molar-refractivity contribution in [3.8, 4) is 6.07 Å². The predicted octanol–water partition coefficient (Wildman–Crippen LogP) is 2.94. The Morgan fingerprint density at radius 3 is 2.95 bits per heavy atom. The van der Waals surface area contributed by atoms with E-state index in [9.17, 15) is 0 Å². The molecule has 1 N–H and O–H groups in total. The fraction of sp³-hybridized carbons (Fsp3) is 0.615. The van der Waals surface area contributed by atoms with Gasteiger partial charge in [-0.15, -0.1) is 0 Å². The van der Waals surface area contributed by atoms with E-state index < -0.39 is 0 Å². The lowest BCUT2D eigenvalue weighted by atomic mass is 10.3. The van der Waals surface area contributed by atoms with Crippen molar-refractivity contribution in [3.63, 3.8) is 0 Å². The monoisotopic (exact) mass is 323 g/mol. The average Bonchev–Trinajstić information content (AvgIpc) is 3.24. The number of nitrogens with zero attached hydrogens (tertiary/aromatic N) is 4. The van der Waals surface area contributed by atoms with E-state index >= 15 is 0 Å². The third-order valence-corrected chi connectivity index (χ3v) is 3.77. The van der Waals surface area contributed by atoms with Crippen LogP contribution in [0.4, 0.5) is 11.6 Å². The van der Waals surface area contributed by atoms with Gasteiger partial charge in [0.1, 0.15) is 22.4 Å². The molecule has 0 spiro atoms. The minimum Gasteiger partial charge on any atom is -0.369 e. The molecule has 1 aromatic heterocycles. The van der Waals surface area contributed by atoms with Crippen LogP contribution in [0.25, 0.3) is 0 Å². The normalized spacial score (nSPS) is 13.9.